The molecule has 1 heterocycles. The Kier molecular flexibility index (Phi) is 4.64. The predicted octanol–water partition coefficient (Wildman–Crippen LogP) is 3.71. The van der Waals surface area contributed by atoms with Crippen LogP contribution in [-0.4, -0.2) is 31.8 Å². The van der Waals surface area contributed by atoms with E-state index < -0.39 is 38.4 Å². The van der Waals surface area contributed by atoms with E-state index in [0.717, 1.165) is 6.07 Å². The minimum atomic E-state index is -3.78. The maximum absolute atomic E-state index is 13.3. The van der Waals surface area contributed by atoms with E-state index >= 15 is 0 Å². The molecule has 2 aromatic rings. The van der Waals surface area contributed by atoms with Crippen LogP contribution in [0.5, 0.6) is 0 Å². The number of rotatable bonds is 4. The standard InChI is InChI=1S/C18H13ClF3NO4S/c19-11-2-1-8(18(24)23-9-4-12(20)17(22)13(21)5-9)3-16(11)28(25,26)10-6-14-15(7-10)27-14/h1-5,10,14-15H,6-7H2,(H,23,24)/t10-,14-,15+. The highest BCUT2D eigenvalue weighted by Crippen LogP contribution is 2.44. The Balaban J connectivity index is 1.60. The molecule has 1 saturated heterocycles. The molecule has 1 saturated carbocycles. The molecule has 0 unspecified atom stereocenters. The SMILES string of the molecule is O=C(Nc1cc(F)c(F)c(F)c1)c1ccc(Cl)c(S(=O)(=O)[C@H]2C[C@@H]3O[C@@H]3C2)c1. The van der Waals surface area contributed by atoms with Gasteiger partial charge in [0.05, 0.1) is 27.4 Å². The fourth-order valence-corrected chi connectivity index (χ4v) is 5.65. The molecule has 148 valence electrons. The van der Waals surface area contributed by atoms with Crippen molar-refractivity contribution in [2.75, 3.05) is 5.32 Å². The van der Waals surface area contributed by atoms with Crippen molar-refractivity contribution < 1.29 is 31.1 Å². The molecule has 1 aliphatic carbocycles. The first-order valence-corrected chi connectivity index (χ1v) is 10.2. The number of nitrogens with one attached hydrogen (secondary N) is 1. The molecular formula is C18H13ClF3NO4S. The third kappa shape index (κ3) is 3.38. The van der Waals surface area contributed by atoms with Crippen molar-refractivity contribution >= 4 is 33.0 Å². The minimum absolute atomic E-state index is 0.0306. The molecule has 0 spiro atoms. The molecule has 2 fully saturated rings. The number of hydrogen-bond donors (Lipinski definition) is 1. The van der Waals surface area contributed by atoms with Crippen molar-refractivity contribution in [2.45, 2.75) is 35.2 Å². The van der Waals surface area contributed by atoms with E-state index in [9.17, 15) is 26.4 Å². The topological polar surface area (TPSA) is 75.8 Å². The van der Waals surface area contributed by atoms with E-state index in [2.05, 4.69) is 5.32 Å². The molecule has 2 aliphatic rings. The molecule has 1 N–H and O–H groups in total. The van der Waals surface area contributed by atoms with Gasteiger partial charge in [0, 0.05) is 23.4 Å². The van der Waals surface area contributed by atoms with Crippen LogP contribution in [0.15, 0.2) is 35.2 Å². The summed E-state index contributed by atoms with van der Waals surface area (Å²) < 4.78 is 70.6. The Labute approximate surface area is 163 Å². The van der Waals surface area contributed by atoms with E-state index in [-0.39, 0.29) is 33.4 Å². The van der Waals surface area contributed by atoms with Crippen LogP contribution < -0.4 is 5.32 Å². The van der Waals surface area contributed by atoms with Gasteiger partial charge in [0.15, 0.2) is 27.3 Å². The quantitative estimate of drug-likeness (QED) is 0.591. The van der Waals surface area contributed by atoms with Crippen molar-refractivity contribution in [3.63, 3.8) is 0 Å². The van der Waals surface area contributed by atoms with E-state index in [1.54, 1.807) is 0 Å². The smallest absolute Gasteiger partial charge is 0.255 e. The largest absolute Gasteiger partial charge is 0.369 e. The van der Waals surface area contributed by atoms with Crippen LogP contribution in [-0.2, 0) is 14.6 Å². The minimum Gasteiger partial charge on any atom is -0.369 e. The lowest BCUT2D eigenvalue weighted by Gasteiger charge is -2.15. The van der Waals surface area contributed by atoms with Crippen molar-refractivity contribution in [3.05, 3.63) is 58.4 Å². The zero-order valence-corrected chi connectivity index (χ0v) is 15.7. The zero-order valence-electron chi connectivity index (χ0n) is 14.1. The van der Waals surface area contributed by atoms with Gasteiger partial charge in [-0.15, -0.1) is 0 Å². The summed E-state index contributed by atoms with van der Waals surface area (Å²) in [7, 11) is -3.78. The molecule has 2 aromatic carbocycles. The monoisotopic (exact) mass is 431 g/mol. The summed E-state index contributed by atoms with van der Waals surface area (Å²) in [5, 5.41) is 1.53. The zero-order chi connectivity index (χ0) is 20.2. The van der Waals surface area contributed by atoms with Gasteiger partial charge in [-0.2, -0.15) is 0 Å². The number of ether oxygens (including phenoxy) is 1. The number of sulfone groups is 1. The van der Waals surface area contributed by atoms with Gasteiger partial charge in [-0.05, 0) is 31.0 Å². The average Bonchev–Trinajstić information content (AvgIpc) is 3.24. The molecule has 10 heteroatoms. The summed E-state index contributed by atoms with van der Waals surface area (Å²) in [4.78, 5) is 12.2. The number of halogens is 4. The first-order chi connectivity index (χ1) is 13.2. The van der Waals surface area contributed by atoms with Crippen LogP contribution in [0.2, 0.25) is 5.02 Å². The van der Waals surface area contributed by atoms with E-state index in [1.807, 2.05) is 0 Å². The summed E-state index contributed by atoms with van der Waals surface area (Å²) in [5.74, 6) is -5.40. The van der Waals surface area contributed by atoms with Crippen molar-refractivity contribution in [1.29, 1.82) is 0 Å². The number of epoxide rings is 1. The predicted molar refractivity (Wildman–Crippen MR) is 94.6 cm³/mol. The Hall–Kier alpha value is -2.10. The lowest BCUT2D eigenvalue weighted by molar-refractivity contribution is 0.102. The van der Waals surface area contributed by atoms with Gasteiger partial charge in [0.1, 0.15) is 0 Å². The maximum atomic E-state index is 13.3. The molecule has 0 bridgehead atoms. The normalized spacial score (nSPS) is 23.4. The van der Waals surface area contributed by atoms with E-state index in [4.69, 9.17) is 16.3 Å². The van der Waals surface area contributed by atoms with Gasteiger partial charge in [-0.25, -0.2) is 21.6 Å². The molecule has 5 nitrogen and oxygen atoms in total. The number of hydrogen-bond acceptors (Lipinski definition) is 4. The number of amides is 1. The van der Waals surface area contributed by atoms with Crippen molar-refractivity contribution in [1.82, 2.24) is 0 Å². The van der Waals surface area contributed by atoms with Crippen LogP contribution >= 0.6 is 11.6 Å². The lowest BCUT2D eigenvalue weighted by atomic mass is 10.2. The summed E-state index contributed by atoms with van der Waals surface area (Å²) >= 11 is 6.05. The highest BCUT2D eigenvalue weighted by molar-refractivity contribution is 7.92. The number of benzene rings is 2. The maximum Gasteiger partial charge on any atom is 0.255 e. The van der Waals surface area contributed by atoms with Crippen LogP contribution in [0.4, 0.5) is 18.9 Å². The Morgan fingerprint density at radius 3 is 2.29 bits per heavy atom. The Morgan fingerprint density at radius 1 is 1.07 bits per heavy atom. The Bertz CT molecular complexity index is 1060. The number of carbonyl (C=O) groups excluding carboxylic acids is 1. The fraction of sp³-hybridized carbons (Fsp3) is 0.278. The fourth-order valence-electron chi connectivity index (χ4n) is 3.33. The molecule has 0 radical (unpaired) electrons. The first-order valence-electron chi connectivity index (χ1n) is 8.31. The average molecular weight is 432 g/mol. The third-order valence-corrected chi connectivity index (χ3v) is 7.51. The molecular weight excluding hydrogens is 419 g/mol. The molecule has 1 aliphatic heterocycles. The van der Waals surface area contributed by atoms with Crippen LogP contribution in [0.3, 0.4) is 0 Å². The molecule has 3 atom stereocenters. The van der Waals surface area contributed by atoms with Gasteiger partial charge in [0.2, 0.25) is 0 Å². The van der Waals surface area contributed by atoms with Crippen LogP contribution in [0.1, 0.15) is 23.2 Å². The van der Waals surface area contributed by atoms with E-state index in [0.29, 0.717) is 25.0 Å². The Morgan fingerprint density at radius 2 is 1.68 bits per heavy atom. The van der Waals surface area contributed by atoms with Crippen molar-refractivity contribution in [2.24, 2.45) is 0 Å². The van der Waals surface area contributed by atoms with Gasteiger partial charge in [0.25, 0.3) is 5.91 Å². The highest BCUT2D eigenvalue weighted by atomic mass is 35.5. The summed E-state index contributed by atoms with van der Waals surface area (Å²) in [6.45, 7) is 0. The summed E-state index contributed by atoms with van der Waals surface area (Å²) in [5.41, 5.74) is -0.388. The summed E-state index contributed by atoms with van der Waals surface area (Å²) in [6.07, 6.45) is 0.642. The van der Waals surface area contributed by atoms with Crippen molar-refractivity contribution in [3.8, 4) is 0 Å². The third-order valence-electron chi connectivity index (χ3n) is 4.86. The first kappa shape index (κ1) is 19.2. The second-order valence-corrected chi connectivity index (χ2v) is 9.31. The highest BCUT2D eigenvalue weighted by Gasteiger charge is 2.52. The molecule has 1 amide bonds. The van der Waals surface area contributed by atoms with Gasteiger partial charge in [-0.3, -0.25) is 4.79 Å². The van der Waals surface area contributed by atoms with Crippen LogP contribution in [0.25, 0.3) is 0 Å². The lowest BCUT2D eigenvalue weighted by Crippen LogP contribution is -2.22. The summed E-state index contributed by atoms with van der Waals surface area (Å²) in [6, 6.07) is 4.90. The van der Waals surface area contributed by atoms with Gasteiger partial charge < -0.3 is 10.1 Å². The number of carbonyl (C=O) groups is 1. The molecule has 28 heavy (non-hydrogen) atoms. The number of fused-ring (bicyclic) bond motifs is 1. The van der Waals surface area contributed by atoms with Gasteiger partial charge >= 0.3 is 0 Å². The molecule has 0 aromatic heterocycles. The second kappa shape index (κ2) is 6.75. The van der Waals surface area contributed by atoms with Gasteiger partial charge in [-0.1, -0.05) is 11.6 Å². The molecule has 4 rings (SSSR count). The van der Waals surface area contributed by atoms with Crippen LogP contribution in [0, 0.1) is 17.5 Å². The number of anilines is 1. The second-order valence-electron chi connectivity index (χ2n) is 6.70. The van der Waals surface area contributed by atoms with E-state index in [1.165, 1.54) is 12.1 Å².